The summed E-state index contributed by atoms with van der Waals surface area (Å²) in [4.78, 5) is 15.9. The Morgan fingerprint density at radius 2 is 1.80 bits per heavy atom. The van der Waals surface area contributed by atoms with Crippen molar-refractivity contribution in [2.24, 2.45) is 11.1 Å². The summed E-state index contributed by atoms with van der Waals surface area (Å²) in [6.07, 6.45) is 6.01. The molecule has 1 aliphatic carbocycles. The highest BCUT2D eigenvalue weighted by molar-refractivity contribution is 7.97. The highest BCUT2D eigenvalue weighted by Gasteiger charge is 2.23. The van der Waals surface area contributed by atoms with Crippen molar-refractivity contribution in [3.63, 3.8) is 0 Å². The summed E-state index contributed by atoms with van der Waals surface area (Å²) in [5.41, 5.74) is 2.29. The second-order valence-corrected chi connectivity index (χ2v) is 6.46. The van der Waals surface area contributed by atoms with E-state index >= 15 is 0 Å². The third-order valence-corrected chi connectivity index (χ3v) is 4.82. The Morgan fingerprint density at radius 1 is 1.16 bits per heavy atom. The molecular formula is C17H24N4O3S. The first kappa shape index (κ1) is 20.9. The highest BCUT2D eigenvalue weighted by Crippen LogP contribution is 2.30. The zero-order chi connectivity index (χ0) is 16.2. The lowest BCUT2D eigenvalue weighted by Crippen LogP contribution is -2.20. The SMILES string of the molecule is N=C(c1cc[nH]c(=O)c1Nc1ccc(SN)cc1)C1CCCC1.O.O. The van der Waals surface area contributed by atoms with E-state index in [2.05, 4.69) is 10.3 Å². The van der Waals surface area contributed by atoms with Gasteiger partial charge in [0.1, 0.15) is 5.69 Å². The lowest BCUT2D eigenvalue weighted by atomic mass is 9.95. The number of pyridine rings is 1. The van der Waals surface area contributed by atoms with Gasteiger partial charge in [0.2, 0.25) is 0 Å². The topological polar surface area (TPSA) is 158 Å². The molecule has 3 rings (SSSR count). The summed E-state index contributed by atoms with van der Waals surface area (Å²) >= 11 is 1.18. The zero-order valence-electron chi connectivity index (χ0n) is 13.8. The van der Waals surface area contributed by atoms with Gasteiger partial charge in [-0.3, -0.25) is 9.93 Å². The van der Waals surface area contributed by atoms with Crippen LogP contribution in [0.25, 0.3) is 0 Å². The molecule has 0 bridgehead atoms. The lowest BCUT2D eigenvalue weighted by Gasteiger charge is -2.16. The number of nitrogens with one attached hydrogen (secondary N) is 3. The van der Waals surface area contributed by atoms with Gasteiger partial charge in [0.25, 0.3) is 5.56 Å². The van der Waals surface area contributed by atoms with Crippen LogP contribution < -0.4 is 16.0 Å². The number of H-pyrrole nitrogens is 1. The first-order valence-corrected chi connectivity index (χ1v) is 8.61. The summed E-state index contributed by atoms with van der Waals surface area (Å²) in [6.45, 7) is 0. The fourth-order valence-corrected chi connectivity index (χ4v) is 3.32. The molecule has 2 aromatic rings. The molecule has 1 fully saturated rings. The molecule has 0 radical (unpaired) electrons. The summed E-state index contributed by atoms with van der Waals surface area (Å²) in [5.74, 6) is 0.258. The molecule has 0 unspecified atom stereocenters. The predicted octanol–water partition coefficient (Wildman–Crippen LogP) is 1.99. The minimum atomic E-state index is -0.206. The Hall–Kier alpha value is -2.13. The van der Waals surface area contributed by atoms with Gasteiger partial charge in [-0.25, -0.2) is 0 Å². The van der Waals surface area contributed by atoms with E-state index in [9.17, 15) is 4.79 Å². The maximum atomic E-state index is 12.2. The average Bonchev–Trinajstić information content (AvgIpc) is 3.11. The number of aromatic nitrogens is 1. The van der Waals surface area contributed by atoms with Crippen molar-refractivity contribution in [2.75, 3.05) is 5.32 Å². The van der Waals surface area contributed by atoms with Gasteiger partial charge in [-0.1, -0.05) is 12.8 Å². The van der Waals surface area contributed by atoms with Crippen LogP contribution in [0.5, 0.6) is 0 Å². The van der Waals surface area contributed by atoms with Crippen LogP contribution in [0, 0.1) is 11.3 Å². The Balaban J connectivity index is 0.00000156. The molecule has 1 aliphatic rings. The van der Waals surface area contributed by atoms with E-state index in [4.69, 9.17) is 10.5 Å². The second-order valence-electron chi connectivity index (χ2n) is 5.76. The first-order chi connectivity index (χ1) is 11.2. The summed E-state index contributed by atoms with van der Waals surface area (Å²) in [5, 5.41) is 17.2. The zero-order valence-corrected chi connectivity index (χ0v) is 14.6. The van der Waals surface area contributed by atoms with E-state index < -0.39 is 0 Å². The van der Waals surface area contributed by atoms with E-state index in [0.717, 1.165) is 36.3 Å². The van der Waals surface area contributed by atoms with Gasteiger partial charge in [-0.05, 0) is 55.1 Å². The van der Waals surface area contributed by atoms with E-state index in [1.54, 1.807) is 6.20 Å². The largest absolute Gasteiger partial charge is 0.412 e. The molecule has 1 aromatic heterocycles. The maximum absolute atomic E-state index is 12.2. The Kier molecular flexibility index (Phi) is 7.85. The van der Waals surface area contributed by atoms with E-state index in [0.29, 0.717) is 17.0 Å². The van der Waals surface area contributed by atoms with Gasteiger partial charge in [0.15, 0.2) is 0 Å². The van der Waals surface area contributed by atoms with Crippen molar-refractivity contribution in [3.05, 3.63) is 52.4 Å². The molecule has 1 aromatic carbocycles. The van der Waals surface area contributed by atoms with Crippen LogP contribution in [0.3, 0.4) is 0 Å². The minimum absolute atomic E-state index is 0. The summed E-state index contributed by atoms with van der Waals surface area (Å²) in [6, 6.07) is 9.36. The van der Waals surface area contributed by atoms with Crippen molar-refractivity contribution >= 4 is 29.0 Å². The van der Waals surface area contributed by atoms with Crippen LogP contribution >= 0.6 is 11.9 Å². The van der Waals surface area contributed by atoms with Gasteiger partial charge in [-0.15, -0.1) is 0 Å². The Morgan fingerprint density at radius 3 is 2.40 bits per heavy atom. The molecule has 25 heavy (non-hydrogen) atoms. The highest BCUT2D eigenvalue weighted by atomic mass is 32.2. The Bertz CT molecular complexity index is 755. The molecule has 9 N–H and O–H groups in total. The van der Waals surface area contributed by atoms with Crippen molar-refractivity contribution in [3.8, 4) is 0 Å². The number of hydrogen-bond donors (Lipinski definition) is 4. The van der Waals surface area contributed by atoms with Crippen LogP contribution in [0.15, 0.2) is 46.2 Å². The van der Waals surface area contributed by atoms with Gasteiger partial charge in [-0.2, -0.15) is 0 Å². The summed E-state index contributed by atoms with van der Waals surface area (Å²) < 4.78 is 0. The third-order valence-electron chi connectivity index (χ3n) is 4.27. The number of aromatic amines is 1. The van der Waals surface area contributed by atoms with Crippen LogP contribution in [0.2, 0.25) is 0 Å². The van der Waals surface area contributed by atoms with Crippen molar-refractivity contribution in [1.29, 1.82) is 5.41 Å². The van der Waals surface area contributed by atoms with Gasteiger partial charge in [0, 0.05) is 34.0 Å². The van der Waals surface area contributed by atoms with Crippen LogP contribution in [-0.4, -0.2) is 21.6 Å². The fraction of sp³-hybridized carbons (Fsp3) is 0.294. The van der Waals surface area contributed by atoms with Crippen molar-refractivity contribution in [2.45, 2.75) is 30.6 Å². The van der Waals surface area contributed by atoms with Crippen LogP contribution in [0.1, 0.15) is 31.2 Å². The van der Waals surface area contributed by atoms with Crippen LogP contribution in [-0.2, 0) is 0 Å². The second kappa shape index (κ2) is 9.38. The number of anilines is 2. The molecule has 0 saturated heterocycles. The average molecular weight is 364 g/mol. The molecule has 0 spiro atoms. The summed E-state index contributed by atoms with van der Waals surface area (Å²) in [7, 11) is 0. The number of hydrogen-bond acceptors (Lipinski definition) is 5. The lowest BCUT2D eigenvalue weighted by molar-refractivity contribution is 0.725. The first-order valence-electron chi connectivity index (χ1n) is 7.73. The van der Waals surface area contributed by atoms with Gasteiger partial charge >= 0.3 is 0 Å². The monoisotopic (exact) mass is 364 g/mol. The van der Waals surface area contributed by atoms with Crippen molar-refractivity contribution < 1.29 is 11.0 Å². The van der Waals surface area contributed by atoms with Gasteiger partial charge in [0.05, 0.1) is 0 Å². The third kappa shape index (κ3) is 4.70. The normalized spacial score (nSPS) is 13.6. The van der Waals surface area contributed by atoms with E-state index in [-0.39, 0.29) is 22.4 Å². The number of rotatable bonds is 5. The van der Waals surface area contributed by atoms with E-state index in [1.165, 1.54) is 11.9 Å². The maximum Gasteiger partial charge on any atom is 0.272 e. The standard InChI is InChI=1S/C17H20N4OS.2H2O/c18-15(11-3-1-2-4-11)14-9-10-20-17(22)16(14)21-12-5-7-13(23-19)8-6-12;;/h5-11,18,21H,1-4,19H2,(H,20,22);2*1H2. The molecule has 136 valence electrons. The van der Waals surface area contributed by atoms with Gasteiger partial charge < -0.3 is 26.7 Å². The molecule has 0 atom stereocenters. The molecular weight excluding hydrogens is 340 g/mol. The number of nitrogens with two attached hydrogens (primary N) is 1. The van der Waals surface area contributed by atoms with E-state index in [1.807, 2.05) is 30.3 Å². The smallest absolute Gasteiger partial charge is 0.272 e. The van der Waals surface area contributed by atoms with Crippen molar-refractivity contribution in [1.82, 2.24) is 4.98 Å². The predicted molar refractivity (Wildman–Crippen MR) is 103 cm³/mol. The molecule has 7 nitrogen and oxygen atoms in total. The minimum Gasteiger partial charge on any atom is -0.412 e. The fourth-order valence-electron chi connectivity index (χ4n) is 3.02. The Labute approximate surface area is 150 Å². The molecule has 1 heterocycles. The molecule has 0 amide bonds. The molecule has 8 heteroatoms. The number of benzene rings is 1. The quantitative estimate of drug-likeness (QED) is 0.472. The van der Waals surface area contributed by atoms with Crippen LogP contribution in [0.4, 0.5) is 11.4 Å². The molecule has 0 aliphatic heterocycles. The molecule has 1 saturated carbocycles.